The van der Waals surface area contributed by atoms with Crippen molar-refractivity contribution in [2.24, 2.45) is 0 Å². The number of rotatable bonds is 3. The van der Waals surface area contributed by atoms with Gasteiger partial charge in [0.2, 0.25) is 0 Å². The highest BCUT2D eigenvalue weighted by Gasteiger charge is 2.33. The van der Waals surface area contributed by atoms with Gasteiger partial charge in [-0.25, -0.2) is 0 Å². The Kier molecular flexibility index (Phi) is 3.13. The molecule has 0 aromatic carbocycles. The normalized spacial score (nSPS) is 30.4. The van der Waals surface area contributed by atoms with Crippen LogP contribution in [-0.4, -0.2) is 37.2 Å². The molecule has 0 saturated carbocycles. The first-order chi connectivity index (χ1) is 5.73. The van der Waals surface area contributed by atoms with Crippen molar-refractivity contribution in [3.63, 3.8) is 0 Å². The first-order valence-electron chi connectivity index (χ1n) is 4.45. The topological polar surface area (TPSA) is 12.5 Å². The smallest absolute Gasteiger partial charge is 0.0795 e. The predicted octanol–water partition coefficient (Wildman–Crippen LogP) is 1.12. The van der Waals surface area contributed by atoms with Crippen LogP contribution in [0, 0.1) is 12.3 Å². The summed E-state index contributed by atoms with van der Waals surface area (Å²) in [4.78, 5) is 2.33. The van der Waals surface area contributed by atoms with Crippen molar-refractivity contribution < 1.29 is 4.74 Å². The Bertz CT molecular complexity index is 185. The molecule has 0 amide bonds. The van der Waals surface area contributed by atoms with Gasteiger partial charge < -0.3 is 4.74 Å². The molecule has 0 spiro atoms. The molecule has 1 saturated heterocycles. The van der Waals surface area contributed by atoms with Crippen LogP contribution in [-0.2, 0) is 4.74 Å². The lowest BCUT2D eigenvalue weighted by Gasteiger charge is -2.29. The highest BCUT2D eigenvalue weighted by molar-refractivity contribution is 5.13. The number of likely N-dealkylation sites (tertiary alicyclic amines) is 1. The lowest BCUT2D eigenvalue weighted by atomic mass is 10.0. The summed E-state index contributed by atoms with van der Waals surface area (Å²) in [6.07, 6.45) is 7.83. The molecule has 0 aliphatic carbocycles. The molecule has 1 rings (SSSR count). The Morgan fingerprint density at radius 3 is 3.00 bits per heavy atom. The van der Waals surface area contributed by atoms with Crippen LogP contribution in [0.15, 0.2) is 0 Å². The molecular formula is C10H17NO. The molecule has 12 heavy (non-hydrogen) atoms. The third-order valence-corrected chi connectivity index (χ3v) is 2.67. The Hall–Kier alpha value is -0.520. The molecular weight excluding hydrogens is 150 g/mol. The van der Waals surface area contributed by atoms with Gasteiger partial charge in [0.1, 0.15) is 0 Å². The summed E-state index contributed by atoms with van der Waals surface area (Å²) in [5.74, 6) is 2.87. The average Bonchev–Trinajstić information content (AvgIpc) is 2.45. The predicted molar refractivity (Wildman–Crippen MR) is 49.9 cm³/mol. The Balaban J connectivity index is 2.47. The monoisotopic (exact) mass is 167 g/mol. The number of nitrogens with zero attached hydrogens (tertiary/aromatic N) is 1. The van der Waals surface area contributed by atoms with E-state index < -0.39 is 0 Å². The summed E-state index contributed by atoms with van der Waals surface area (Å²) in [5, 5.41) is 0. The molecule has 0 radical (unpaired) electrons. The minimum Gasteiger partial charge on any atom is -0.383 e. The largest absolute Gasteiger partial charge is 0.383 e. The average molecular weight is 167 g/mol. The van der Waals surface area contributed by atoms with Crippen LogP contribution in [0.3, 0.4) is 0 Å². The molecule has 0 aromatic heterocycles. The van der Waals surface area contributed by atoms with Gasteiger partial charge in [-0.3, -0.25) is 4.90 Å². The standard InChI is InChI=1S/C10H17NO/c1-4-10(2)6-5-7-11(10)8-9-12-3/h1H,5-9H2,2-3H3. The van der Waals surface area contributed by atoms with Crippen LogP contribution in [0.4, 0.5) is 0 Å². The van der Waals surface area contributed by atoms with Gasteiger partial charge in [-0.05, 0) is 26.3 Å². The van der Waals surface area contributed by atoms with E-state index in [0.29, 0.717) is 0 Å². The Morgan fingerprint density at radius 1 is 1.67 bits per heavy atom. The number of hydrogen-bond acceptors (Lipinski definition) is 2. The molecule has 0 aromatic rings. The highest BCUT2D eigenvalue weighted by Crippen LogP contribution is 2.27. The van der Waals surface area contributed by atoms with Gasteiger partial charge in [0.25, 0.3) is 0 Å². The van der Waals surface area contributed by atoms with E-state index >= 15 is 0 Å². The zero-order chi connectivity index (χ0) is 9.03. The summed E-state index contributed by atoms with van der Waals surface area (Å²) in [6.45, 7) is 4.98. The molecule has 1 heterocycles. The van der Waals surface area contributed by atoms with Crippen molar-refractivity contribution in [3.05, 3.63) is 0 Å². The fourth-order valence-electron chi connectivity index (χ4n) is 1.74. The fourth-order valence-corrected chi connectivity index (χ4v) is 1.74. The lowest BCUT2D eigenvalue weighted by Crippen LogP contribution is -2.41. The molecule has 2 heteroatoms. The van der Waals surface area contributed by atoms with Crippen LogP contribution < -0.4 is 0 Å². The second kappa shape index (κ2) is 3.93. The van der Waals surface area contributed by atoms with Gasteiger partial charge in [0, 0.05) is 13.7 Å². The molecule has 2 nitrogen and oxygen atoms in total. The van der Waals surface area contributed by atoms with Gasteiger partial charge in [0.15, 0.2) is 0 Å². The molecule has 68 valence electrons. The second-order valence-electron chi connectivity index (χ2n) is 3.50. The van der Waals surface area contributed by atoms with E-state index in [1.165, 1.54) is 6.42 Å². The molecule has 0 N–H and O–H groups in total. The summed E-state index contributed by atoms with van der Waals surface area (Å²) in [6, 6.07) is 0. The van der Waals surface area contributed by atoms with Crippen LogP contribution in [0.25, 0.3) is 0 Å². The summed E-state index contributed by atoms with van der Waals surface area (Å²) in [5.41, 5.74) is -0.0153. The molecule has 1 unspecified atom stereocenters. The van der Waals surface area contributed by atoms with E-state index in [1.807, 2.05) is 0 Å². The third-order valence-electron chi connectivity index (χ3n) is 2.67. The Labute approximate surface area is 74.9 Å². The summed E-state index contributed by atoms with van der Waals surface area (Å²) >= 11 is 0. The zero-order valence-corrected chi connectivity index (χ0v) is 7.97. The van der Waals surface area contributed by atoms with E-state index in [0.717, 1.165) is 26.1 Å². The molecule has 1 fully saturated rings. The SMILES string of the molecule is C#CC1(C)CCCN1CCOC. The summed E-state index contributed by atoms with van der Waals surface area (Å²) in [7, 11) is 1.73. The Morgan fingerprint density at radius 2 is 2.42 bits per heavy atom. The van der Waals surface area contributed by atoms with E-state index in [-0.39, 0.29) is 5.54 Å². The lowest BCUT2D eigenvalue weighted by molar-refractivity contribution is 0.126. The van der Waals surface area contributed by atoms with Crippen LogP contribution >= 0.6 is 0 Å². The van der Waals surface area contributed by atoms with E-state index in [2.05, 4.69) is 17.7 Å². The van der Waals surface area contributed by atoms with Gasteiger partial charge >= 0.3 is 0 Å². The summed E-state index contributed by atoms with van der Waals surface area (Å²) < 4.78 is 5.03. The quantitative estimate of drug-likeness (QED) is 0.584. The molecule has 1 atom stereocenters. The second-order valence-corrected chi connectivity index (χ2v) is 3.50. The highest BCUT2D eigenvalue weighted by atomic mass is 16.5. The number of methoxy groups -OCH3 is 1. The van der Waals surface area contributed by atoms with Crippen molar-refractivity contribution in [3.8, 4) is 12.3 Å². The fraction of sp³-hybridized carbons (Fsp3) is 0.800. The van der Waals surface area contributed by atoms with Crippen LogP contribution in [0.5, 0.6) is 0 Å². The van der Waals surface area contributed by atoms with Crippen molar-refractivity contribution in [2.45, 2.75) is 25.3 Å². The first kappa shape index (κ1) is 9.57. The number of hydrogen-bond donors (Lipinski definition) is 0. The maximum atomic E-state index is 5.50. The molecule has 0 bridgehead atoms. The minimum atomic E-state index is -0.0153. The maximum absolute atomic E-state index is 5.50. The number of terminal acetylenes is 1. The van der Waals surface area contributed by atoms with Gasteiger partial charge in [-0.2, -0.15) is 0 Å². The van der Waals surface area contributed by atoms with Crippen LogP contribution in [0.1, 0.15) is 19.8 Å². The van der Waals surface area contributed by atoms with Gasteiger partial charge in [0.05, 0.1) is 12.1 Å². The first-order valence-corrected chi connectivity index (χ1v) is 4.45. The van der Waals surface area contributed by atoms with Crippen molar-refractivity contribution in [2.75, 3.05) is 26.8 Å². The van der Waals surface area contributed by atoms with E-state index in [4.69, 9.17) is 11.2 Å². The molecule has 1 aliphatic heterocycles. The van der Waals surface area contributed by atoms with Gasteiger partial charge in [-0.15, -0.1) is 6.42 Å². The minimum absolute atomic E-state index is 0.0153. The van der Waals surface area contributed by atoms with E-state index in [1.54, 1.807) is 7.11 Å². The number of ether oxygens (including phenoxy) is 1. The van der Waals surface area contributed by atoms with Gasteiger partial charge in [-0.1, -0.05) is 5.92 Å². The van der Waals surface area contributed by atoms with Crippen molar-refractivity contribution >= 4 is 0 Å². The molecule has 1 aliphatic rings. The zero-order valence-electron chi connectivity index (χ0n) is 7.97. The maximum Gasteiger partial charge on any atom is 0.0795 e. The van der Waals surface area contributed by atoms with Crippen LogP contribution in [0.2, 0.25) is 0 Å². The van der Waals surface area contributed by atoms with Crippen molar-refractivity contribution in [1.82, 2.24) is 4.90 Å². The van der Waals surface area contributed by atoms with E-state index in [9.17, 15) is 0 Å². The third kappa shape index (κ3) is 1.80. The van der Waals surface area contributed by atoms with Crippen molar-refractivity contribution in [1.29, 1.82) is 0 Å².